The molecule has 2 aromatic rings. The summed E-state index contributed by atoms with van der Waals surface area (Å²) in [5.41, 5.74) is 7.31. The molecule has 0 bridgehead atoms. The minimum Gasteiger partial charge on any atom is -0.338 e. The van der Waals surface area contributed by atoms with E-state index in [1.165, 1.54) is 0 Å². The van der Waals surface area contributed by atoms with E-state index in [9.17, 15) is 8.78 Å². The lowest BCUT2D eigenvalue weighted by atomic mass is 10.1. The van der Waals surface area contributed by atoms with Crippen LogP contribution in [0.15, 0.2) is 36.5 Å². The lowest BCUT2D eigenvalue weighted by Crippen LogP contribution is -2.08. The molecular weight excluding hydrogens is 236 g/mol. The van der Waals surface area contributed by atoms with Crippen LogP contribution in [0, 0.1) is 11.6 Å². The number of halogens is 2. The zero-order valence-electron chi connectivity index (χ0n) is 9.82. The topological polar surface area (TPSA) is 50.9 Å². The van der Waals surface area contributed by atoms with Gasteiger partial charge in [0.1, 0.15) is 5.82 Å². The second-order valence-electron chi connectivity index (χ2n) is 3.98. The highest BCUT2D eigenvalue weighted by Gasteiger charge is 2.10. The number of aromatic nitrogens is 1. The summed E-state index contributed by atoms with van der Waals surface area (Å²) >= 11 is 0. The van der Waals surface area contributed by atoms with Crippen LogP contribution in [0.1, 0.15) is 18.5 Å². The smallest absolute Gasteiger partial charge is 0.168 e. The molecule has 1 aromatic heterocycles. The first kappa shape index (κ1) is 12.4. The average molecular weight is 249 g/mol. The molecule has 0 fully saturated rings. The molecular formula is C13H13F2N3. The Bertz CT molecular complexity index is 556. The summed E-state index contributed by atoms with van der Waals surface area (Å²) in [5, 5.41) is 2.82. The van der Waals surface area contributed by atoms with Crippen LogP contribution in [0.4, 0.5) is 20.3 Å². The van der Waals surface area contributed by atoms with Gasteiger partial charge in [-0.15, -0.1) is 0 Å². The van der Waals surface area contributed by atoms with Gasteiger partial charge in [-0.2, -0.15) is 0 Å². The Labute approximate surface area is 104 Å². The normalized spacial score (nSPS) is 12.2. The van der Waals surface area contributed by atoms with Crippen LogP contribution >= 0.6 is 0 Å². The second-order valence-corrected chi connectivity index (χ2v) is 3.98. The van der Waals surface area contributed by atoms with Gasteiger partial charge in [0.05, 0.1) is 6.20 Å². The Kier molecular flexibility index (Phi) is 3.53. The van der Waals surface area contributed by atoms with Crippen LogP contribution in [0.2, 0.25) is 0 Å². The number of nitrogens with two attached hydrogens (primary N) is 1. The maximum atomic E-state index is 13.5. The predicted octanol–water partition coefficient (Wildman–Crippen LogP) is 3.12. The van der Waals surface area contributed by atoms with Crippen LogP contribution in [0.25, 0.3) is 0 Å². The fourth-order valence-electron chi connectivity index (χ4n) is 1.64. The minimum absolute atomic E-state index is 0.0236. The molecule has 94 valence electrons. The Morgan fingerprint density at radius 2 is 2.00 bits per heavy atom. The summed E-state index contributed by atoms with van der Waals surface area (Å²) in [6.07, 6.45) is 0.958. The molecule has 1 atom stereocenters. The van der Waals surface area contributed by atoms with Gasteiger partial charge < -0.3 is 11.1 Å². The standard InChI is InChI=1S/C13H13F2N3/c1-8(16)10-4-2-3-5-12(10)18-13-11(15)6-9(14)7-17-13/h2-8H,16H2,1H3,(H,17,18). The van der Waals surface area contributed by atoms with E-state index in [0.717, 1.165) is 17.8 Å². The van der Waals surface area contributed by atoms with Crippen molar-refractivity contribution >= 4 is 11.5 Å². The van der Waals surface area contributed by atoms with Crippen molar-refractivity contribution in [3.05, 3.63) is 53.7 Å². The van der Waals surface area contributed by atoms with E-state index >= 15 is 0 Å². The van der Waals surface area contributed by atoms with E-state index in [4.69, 9.17) is 5.73 Å². The lowest BCUT2D eigenvalue weighted by Gasteiger charge is -2.14. The van der Waals surface area contributed by atoms with Crippen molar-refractivity contribution in [1.82, 2.24) is 4.98 Å². The largest absolute Gasteiger partial charge is 0.338 e. The van der Waals surface area contributed by atoms with E-state index in [1.807, 2.05) is 19.1 Å². The number of pyridine rings is 1. The van der Waals surface area contributed by atoms with Gasteiger partial charge in [0.15, 0.2) is 11.6 Å². The lowest BCUT2D eigenvalue weighted by molar-refractivity contribution is 0.576. The first-order valence-corrected chi connectivity index (χ1v) is 5.50. The van der Waals surface area contributed by atoms with Crippen LogP contribution in [0.5, 0.6) is 0 Å². The Morgan fingerprint density at radius 3 is 2.67 bits per heavy atom. The molecule has 0 saturated carbocycles. The van der Waals surface area contributed by atoms with Crippen molar-refractivity contribution in [1.29, 1.82) is 0 Å². The highest BCUT2D eigenvalue weighted by molar-refractivity contribution is 5.61. The zero-order valence-corrected chi connectivity index (χ0v) is 9.82. The summed E-state index contributed by atoms with van der Waals surface area (Å²) in [4.78, 5) is 3.67. The Balaban J connectivity index is 2.34. The number of benzene rings is 1. The summed E-state index contributed by atoms with van der Waals surface area (Å²) in [6, 6.07) is 7.84. The van der Waals surface area contributed by atoms with E-state index in [0.29, 0.717) is 5.69 Å². The van der Waals surface area contributed by atoms with Crippen molar-refractivity contribution < 1.29 is 8.78 Å². The molecule has 18 heavy (non-hydrogen) atoms. The first-order valence-electron chi connectivity index (χ1n) is 5.50. The molecule has 0 spiro atoms. The van der Waals surface area contributed by atoms with E-state index in [2.05, 4.69) is 10.3 Å². The number of hydrogen-bond acceptors (Lipinski definition) is 3. The number of hydrogen-bond donors (Lipinski definition) is 2. The molecule has 5 heteroatoms. The average Bonchev–Trinajstić information content (AvgIpc) is 2.33. The highest BCUT2D eigenvalue weighted by atomic mass is 19.1. The third-order valence-corrected chi connectivity index (χ3v) is 2.51. The van der Waals surface area contributed by atoms with Crippen molar-refractivity contribution in [2.45, 2.75) is 13.0 Å². The fraction of sp³-hybridized carbons (Fsp3) is 0.154. The number of para-hydroxylation sites is 1. The molecule has 0 amide bonds. The third-order valence-electron chi connectivity index (χ3n) is 2.51. The van der Waals surface area contributed by atoms with E-state index in [-0.39, 0.29) is 11.9 Å². The van der Waals surface area contributed by atoms with Crippen LogP contribution in [-0.2, 0) is 0 Å². The summed E-state index contributed by atoms with van der Waals surface area (Å²) in [7, 11) is 0. The third kappa shape index (κ3) is 2.62. The predicted molar refractivity (Wildman–Crippen MR) is 66.5 cm³/mol. The molecule has 0 saturated heterocycles. The molecule has 0 aliphatic rings. The van der Waals surface area contributed by atoms with Gasteiger partial charge >= 0.3 is 0 Å². The Morgan fingerprint density at radius 1 is 1.28 bits per heavy atom. The second kappa shape index (κ2) is 5.10. The number of nitrogens with zero attached hydrogens (tertiary/aromatic N) is 1. The maximum Gasteiger partial charge on any atom is 0.168 e. The Hall–Kier alpha value is -2.01. The fourth-order valence-corrected chi connectivity index (χ4v) is 1.64. The molecule has 1 aromatic carbocycles. The van der Waals surface area contributed by atoms with Crippen LogP contribution < -0.4 is 11.1 Å². The maximum absolute atomic E-state index is 13.5. The quantitative estimate of drug-likeness (QED) is 0.878. The summed E-state index contributed by atoms with van der Waals surface area (Å²) in [5.74, 6) is -1.47. The van der Waals surface area contributed by atoms with Gasteiger partial charge in [-0.1, -0.05) is 18.2 Å². The molecule has 3 nitrogen and oxygen atoms in total. The summed E-state index contributed by atoms with van der Waals surface area (Å²) in [6.45, 7) is 1.83. The number of anilines is 2. The van der Waals surface area contributed by atoms with Gasteiger partial charge in [0.25, 0.3) is 0 Å². The molecule has 3 N–H and O–H groups in total. The van der Waals surface area contributed by atoms with Crippen molar-refractivity contribution in [2.24, 2.45) is 5.73 Å². The minimum atomic E-state index is -0.741. The van der Waals surface area contributed by atoms with Crippen LogP contribution in [-0.4, -0.2) is 4.98 Å². The van der Waals surface area contributed by atoms with E-state index in [1.54, 1.807) is 12.1 Å². The highest BCUT2D eigenvalue weighted by Crippen LogP contribution is 2.25. The molecule has 0 aliphatic heterocycles. The van der Waals surface area contributed by atoms with Gasteiger partial charge in [-0.3, -0.25) is 0 Å². The molecule has 1 heterocycles. The van der Waals surface area contributed by atoms with Gasteiger partial charge in [0, 0.05) is 17.8 Å². The van der Waals surface area contributed by atoms with E-state index < -0.39 is 11.6 Å². The summed E-state index contributed by atoms with van der Waals surface area (Å²) < 4.78 is 26.2. The molecule has 0 aliphatic carbocycles. The van der Waals surface area contributed by atoms with Gasteiger partial charge in [0.2, 0.25) is 0 Å². The van der Waals surface area contributed by atoms with Gasteiger partial charge in [-0.25, -0.2) is 13.8 Å². The molecule has 1 unspecified atom stereocenters. The van der Waals surface area contributed by atoms with Crippen molar-refractivity contribution in [3.63, 3.8) is 0 Å². The van der Waals surface area contributed by atoms with Crippen molar-refractivity contribution in [3.8, 4) is 0 Å². The molecule has 0 radical (unpaired) electrons. The number of nitrogens with one attached hydrogen (secondary N) is 1. The van der Waals surface area contributed by atoms with Gasteiger partial charge in [-0.05, 0) is 18.6 Å². The number of rotatable bonds is 3. The zero-order chi connectivity index (χ0) is 13.1. The molecule has 2 rings (SSSR count). The first-order chi connectivity index (χ1) is 8.58. The van der Waals surface area contributed by atoms with Crippen molar-refractivity contribution in [2.75, 3.05) is 5.32 Å². The SMILES string of the molecule is CC(N)c1ccccc1Nc1ncc(F)cc1F. The monoisotopic (exact) mass is 249 g/mol. The van der Waals surface area contributed by atoms with Crippen LogP contribution in [0.3, 0.4) is 0 Å².